The molecule has 0 aromatic heterocycles. The molecule has 0 aliphatic heterocycles. The summed E-state index contributed by atoms with van der Waals surface area (Å²) in [7, 11) is -4.41. The zero-order valence-electron chi connectivity index (χ0n) is 8.32. The van der Waals surface area contributed by atoms with Crippen molar-refractivity contribution >= 4 is 18.9 Å². The average Bonchev–Trinajstić information content (AvgIpc) is 2.11. The first-order chi connectivity index (χ1) is 6.02. The normalized spacial score (nSPS) is 14.0. The molecular formula is C8H18O3SSi. The van der Waals surface area contributed by atoms with Gasteiger partial charge in [0.15, 0.2) is 0 Å². The molecule has 0 aliphatic rings. The van der Waals surface area contributed by atoms with Crippen LogP contribution in [0.2, 0.25) is 6.55 Å². The molecule has 3 nitrogen and oxygen atoms in total. The SMILES string of the molecule is C=C[SiH](C)COS(=O)(=O)CCCC. The van der Waals surface area contributed by atoms with Crippen LogP contribution in [0.1, 0.15) is 19.8 Å². The van der Waals surface area contributed by atoms with Gasteiger partial charge in [-0.3, -0.25) is 4.18 Å². The number of rotatable bonds is 7. The topological polar surface area (TPSA) is 43.4 Å². The Hall–Kier alpha value is -0.133. The fourth-order valence-corrected chi connectivity index (χ4v) is 3.24. The molecule has 0 amide bonds. The van der Waals surface area contributed by atoms with Crippen molar-refractivity contribution in [3.63, 3.8) is 0 Å². The van der Waals surface area contributed by atoms with Gasteiger partial charge in [-0.1, -0.05) is 19.9 Å². The van der Waals surface area contributed by atoms with Crippen molar-refractivity contribution in [2.24, 2.45) is 0 Å². The molecule has 0 radical (unpaired) electrons. The maximum Gasteiger partial charge on any atom is 0.267 e. The van der Waals surface area contributed by atoms with Gasteiger partial charge in [-0.15, -0.1) is 12.3 Å². The molecule has 13 heavy (non-hydrogen) atoms. The summed E-state index contributed by atoms with van der Waals surface area (Å²) < 4.78 is 27.2. The molecule has 0 fully saturated rings. The quantitative estimate of drug-likeness (QED) is 0.481. The van der Waals surface area contributed by atoms with E-state index >= 15 is 0 Å². The molecule has 78 valence electrons. The maximum absolute atomic E-state index is 11.2. The summed E-state index contributed by atoms with van der Waals surface area (Å²) in [4.78, 5) is 0. The zero-order chi connectivity index (χ0) is 10.3. The number of unbranched alkanes of at least 4 members (excludes halogenated alkanes) is 1. The first-order valence-corrected chi connectivity index (χ1v) is 8.73. The van der Waals surface area contributed by atoms with Crippen molar-refractivity contribution in [3.05, 3.63) is 12.3 Å². The van der Waals surface area contributed by atoms with E-state index < -0.39 is 18.9 Å². The lowest BCUT2D eigenvalue weighted by Crippen LogP contribution is -2.19. The van der Waals surface area contributed by atoms with Gasteiger partial charge in [0.05, 0.1) is 20.8 Å². The summed E-state index contributed by atoms with van der Waals surface area (Å²) in [6.07, 6.45) is 1.89. The van der Waals surface area contributed by atoms with Gasteiger partial charge in [0.2, 0.25) is 0 Å². The first kappa shape index (κ1) is 12.9. The Morgan fingerprint density at radius 3 is 2.62 bits per heavy atom. The summed E-state index contributed by atoms with van der Waals surface area (Å²) in [6.45, 7) is 7.57. The molecule has 0 saturated heterocycles. The van der Waals surface area contributed by atoms with Crippen LogP contribution < -0.4 is 0 Å². The molecule has 0 N–H and O–H groups in total. The summed E-state index contributed by atoms with van der Waals surface area (Å²) in [5.74, 6) is 0.141. The third-order valence-corrected chi connectivity index (χ3v) is 4.68. The summed E-state index contributed by atoms with van der Waals surface area (Å²) in [5, 5.41) is 0. The van der Waals surface area contributed by atoms with E-state index in [1.54, 1.807) is 0 Å². The molecule has 0 bridgehead atoms. The Balaban J connectivity index is 3.82. The molecular weight excluding hydrogens is 204 g/mol. The first-order valence-electron chi connectivity index (χ1n) is 4.51. The van der Waals surface area contributed by atoms with Crippen LogP contribution in [0.5, 0.6) is 0 Å². The van der Waals surface area contributed by atoms with E-state index in [2.05, 4.69) is 6.58 Å². The van der Waals surface area contributed by atoms with Gasteiger partial charge in [-0.25, -0.2) is 0 Å². The van der Waals surface area contributed by atoms with E-state index in [1.807, 2.05) is 19.2 Å². The molecule has 0 aromatic rings. The molecule has 1 atom stereocenters. The molecule has 1 unspecified atom stereocenters. The van der Waals surface area contributed by atoms with Gasteiger partial charge in [-0.05, 0) is 6.42 Å². The average molecular weight is 222 g/mol. The van der Waals surface area contributed by atoms with Crippen molar-refractivity contribution in [1.82, 2.24) is 0 Å². The molecule has 0 aromatic carbocycles. The summed E-state index contributed by atoms with van der Waals surface area (Å²) in [5.41, 5.74) is 1.81. The van der Waals surface area contributed by atoms with Crippen LogP contribution in [-0.2, 0) is 14.3 Å². The Bertz CT molecular complexity index is 236. The monoisotopic (exact) mass is 222 g/mol. The van der Waals surface area contributed by atoms with E-state index in [1.165, 1.54) is 0 Å². The van der Waals surface area contributed by atoms with Gasteiger partial charge in [0, 0.05) is 0 Å². The van der Waals surface area contributed by atoms with Crippen LogP contribution in [0.3, 0.4) is 0 Å². The third kappa shape index (κ3) is 6.98. The van der Waals surface area contributed by atoms with Crippen molar-refractivity contribution in [1.29, 1.82) is 0 Å². The highest BCUT2D eigenvalue weighted by molar-refractivity contribution is 7.86. The third-order valence-electron chi connectivity index (χ3n) is 1.66. The predicted octanol–water partition coefficient (Wildman–Crippen LogP) is 1.25. The van der Waals surface area contributed by atoms with E-state index in [-0.39, 0.29) is 5.75 Å². The van der Waals surface area contributed by atoms with Crippen LogP contribution in [0.4, 0.5) is 0 Å². The Morgan fingerprint density at radius 2 is 2.15 bits per heavy atom. The smallest absolute Gasteiger partial charge is 0.267 e. The highest BCUT2D eigenvalue weighted by Crippen LogP contribution is 2.00. The van der Waals surface area contributed by atoms with Gasteiger partial charge in [0.1, 0.15) is 0 Å². The summed E-state index contributed by atoms with van der Waals surface area (Å²) in [6, 6.07) is 0. The van der Waals surface area contributed by atoms with E-state index in [0.29, 0.717) is 12.7 Å². The number of hydrogen-bond donors (Lipinski definition) is 0. The second kappa shape index (κ2) is 6.34. The van der Waals surface area contributed by atoms with E-state index in [0.717, 1.165) is 6.42 Å². The van der Waals surface area contributed by atoms with Crippen LogP contribution in [0, 0.1) is 0 Å². The molecule has 0 rings (SSSR count). The van der Waals surface area contributed by atoms with Gasteiger partial charge in [-0.2, -0.15) is 8.42 Å². The van der Waals surface area contributed by atoms with E-state index in [9.17, 15) is 8.42 Å². The second-order valence-electron chi connectivity index (χ2n) is 3.11. The van der Waals surface area contributed by atoms with Crippen LogP contribution >= 0.6 is 0 Å². The minimum absolute atomic E-state index is 0.141. The van der Waals surface area contributed by atoms with Gasteiger partial charge in [0.25, 0.3) is 10.1 Å². The lowest BCUT2D eigenvalue weighted by atomic mass is 10.4. The van der Waals surface area contributed by atoms with Crippen molar-refractivity contribution in [2.45, 2.75) is 26.3 Å². The molecule has 5 heteroatoms. The van der Waals surface area contributed by atoms with Gasteiger partial charge >= 0.3 is 0 Å². The zero-order valence-corrected chi connectivity index (χ0v) is 10.3. The molecule has 0 heterocycles. The number of hydrogen-bond acceptors (Lipinski definition) is 3. The Labute approximate surface area is 82.5 Å². The molecule has 0 aliphatic carbocycles. The Kier molecular flexibility index (Phi) is 6.28. The highest BCUT2D eigenvalue weighted by atomic mass is 32.2. The fraction of sp³-hybridized carbons (Fsp3) is 0.750. The van der Waals surface area contributed by atoms with Crippen molar-refractivity contribution < 1.29 is 12.6 Å². The van der Waals surface area contributed by atoms with Crippen LogP contribution in [-0.4, -0.2) is 29.2 Å². The fourth-order valence-electron chi connectivity index (χ4n) is 0.659. The van der Waals surface area contributed by atoms with Crippen molar-refractivity contribution in [2.75, 3.05) is 12.0 Å². The lowest BCUT2D eigenvalue weighted by molar-refractivity contribution is 0.372. The minimum atomic E-state index is -3.26. The molecule has 0 spiro atoms. The highest BCUT2D eigenvalue weighted by Gasteiger charge is 2.11. The second-order valence-corrected chi connectivity index (χ2v) is 7.63. The van der Waals surface area contributed by atoms with E-state index in [4.69, 9.17) is 4.18 Å². The predicted molar refractivity (Wildman–Crippen MR) is 57.9 cm³/mol. The largest absolute Gasteiger partial charge is 0.274 e. The Morgan fingerprint density at radius 1 is 1.54 bits per heavy atom. The molecule has 0 saturated carbocycles. The standard InChI is InChI=1S/C8H18O3SSi/c1-4-6-7-12(9,10)11-8-13(3)5-2/h5,13H,2,4,6-8H2,1,3H3. The van der Waals surface area contributed by atoms with Crippen LogP contribution in [0.15, 0.2) is 12.3 Å². The minimum Gasteiger partial charge on any atom is -0.274 e. The summed E-state index contributed by atoms with van der Waals surface area (Å²) >= 11 is 0. The lowest BCUT2D eigenvalue weighted by Gasteiger charge is -2.06. The van der Waals surface area contributed by atoms with Crippen LogP contribution in [0.25, 0.3) is 0 Å². The van der Waals surface area contributed by atoms with Crippen molar-refractivity contribution in [3.8, 4) is 0 Å². The van der Waals surface area contributed by atoms with Gasteiger partial charge < -0.3 is 0 Å². The maximum atomic E-state index is 11.2.